The predicted molar refractivity (Wildman–Crippen MR) is 94.0 cm³/mol. The van der Waals surface area contributed by atoms with Gasteiger partial charge in [-0.15, -0.1) is 0 Å². The number of carbonyl (C=O) groups excluding carboxylic acids is 2. The van der Waals surface area contributed by atoms with Crippen LogP contribution in [0, 0.1) is 36.5 Å². The van der Waals surface area contributed by atoms with Crippen molar-refractivity contribution in [2.45, 2.75) is 39.0 Å². The number of nitrogens with one attached hydrogen (secondary N) is 1. The molecule has 0 aliphatic heterocycles. The molecule has 0 radical (unpaired) electrons. The summed E-state index contributed by atoms with van der Waals surface area (Å²) in [7, 11) is 3.46. The van der Waals surface area contributed by atoms with Gasteiger partial charge < -0.3 is 10.2 Å². The summed E-state index contributed by atoms with van der Waals surface area (Å²) in [6.07, 6.45) is 6.31. The zero-order valence-corrected chi connectivity index (χ0v) is 15.4. The van der Waals surface area contributed by atoms with Gasteiger partial charge in [0.05, 0.1) is 5.69 Å². The van der Waals surface area contributed by atoms with E-state index in [9.17, 15) is 9.59 Å². The Morgan fingerprint density at radius 3 is 2.21 bits per heavy atom. The SMILES string of the molecule is Cc1nc(NC(=O)C2C3CC4CC(C3)CC2C4)sc1C(=O)N(C)C. The number of nitrogens with zero attached hydrogens (tertiary/aromatic N) is 2. The number of aromatic nitrogens is 1. The van der Waals surface area contributed by atoms with Crippen molar-refractivity contribution < 1.29 is 9.59 Å². The lowest BCUT2D eigenvalue weighted by Gasteiger charge is -2.53. The van der Waals surface area contributed by atoms with E-state index >= 15 is 0 Å². The maximum atomic E-state index is 12.9. The highest BCUT2D eigenvalue weighted by molar-refractivity contribution is 7.17. The van der Waals surface area contributed by atoms with E-state index in [0.29, 0.717) is 27.5 Å². The normalized spacial score (nSPS) is 33.5. The van der Waals surface area contributed by atoms with Crippen LogP contribution in [-0.4, -0.2) is 35.8 Å². The zero-order chi connectivity index (χ0) is 17.0. The molecular weight excluding hydrogens is 322 g/mol. The topological polar surface area (TPSA) is 62.3 Å². The molecule has 5 rings (SSSR count). The van der Waals surface area contributed by atoms with Crippen molar-refractivity contribution in [1.82, 2.24) is 9.88 Å². The van der Waals surface area contributed by atoms with Crippen LogP contribution in [0.5, 0.6) is 0 Å². The van der Waals surface area contributed by atoms with E-state index < -0.39 is 0 Å². The van der Waals surface area contributed by atoms with Gasteiger partial charge in [0.1, 0.15) is 4.88 Å². The Bertz CT molecular complexity index is 654. The van der Waals surface area contributed by atoms with Gasteiger partial charge in [0.15, 0.2) is 5.13 Å². The first kappa shape index (κ1) is 16.1. The van der Waals surface area contributed by atoms with Gasteiger partial charge in [0.2, 0.25) is 5.91 Å². The van der Waals surface area contributed by atoms with Gasteiger partial charge in [-0.3, -0.25) is 9.59 Å². The minimum absolute atomic E-state index is 0.0554. The average Bonchev–Trinajstić information content (AvgIpc) is 2.85. The smallest absolute Gasteiger partial charge is 0.265 e. The van der Waals surface area contributed by atoms with Crippen LogP contribution in [0.1, 0.15) is 47.5 Å². The molecule has 4 aliphatic rings. The largest absolute Gasteiger partial charge is 0.344 e. The second kappa shape index (κ2) is 5.83. The fourth-order valence-corrected chi connectivity index (χ4v) is 6.38. The Morgan fingerprint density at radius 2 is 1.67 bits per heavy atom. The quantitative estimate of drug-likeness (QED) is 0.913. The van der Waals surface area contributed by atoms with Crippen molar-refractivity contribution >= 4 is 28.3 Å². The van der Waals surface area contributed by atoms with E-state index in [1.807, 2.05) is 6.92 Å². The first-order valence-electron chi connectivity index (χ1n) is 8.92. The van der Waals surface area contributed by atoms with E-state index in [1.165, 1.54) is 43.4 Å². The number of hydrogen-bond donors (Lipinski definition) is 1. The number of rotatable bonds is 3. The Kier molecular flexibility index (Phi) is 3.90. The summed E-state index contributed by atoms with van der Waals surface area (Å²) in [5, 5.41) is 3.59. The van der Waals surface area contributed by atoms with Gasteiger partial charge in [0, 0.05) is 20.0 Å². The van der Waals surface area contributed by atoms with Crippen molar-refractivity contribution in [3.8, 4) is 0 Å². The fourth-order valence-electron chi connectivity index (χ4n) is 5.39. The molecule has 4 aliphatic carbocycles. The Labute approximate surface area is 146 Å². The third-order valence-corrected chi connectivity index (χ3v) is 7.22. The molecular formula is C18H25N3O2S. The standard InChI is InChI=1S/C18H25N3O2S/c1-9-15(17(23)21(2)3)24-18(19-9)20-16(22)14-12-5-10-4-11(7-12)8-13(14)6-10/h10-14H,4-8H2,1-3H3,(H,19,20,22). The average molecular weight is 347 g/mol. The Hall–Kier alpha value is -1.43. The van der Waals surface area contributed by atoms with E-state index in [1.54, 1.807) is 19.0 Å². The molecule has 0 saturated heterocycles. The molecule has 4 fully saturated rings. The van der Waals surface area contributed by atoms with Crippen LogP contribution in [0.25, 0.3) is 0 Å². The van der Waals surface area contributed by atoms with Gasteiger partial charge in [0.25, 0.3) is 5.91 Å². The van der Waals surface area contributed by atoms with Gasteiger partial charge in [-0.1, -0.05) is 11.3 Å². The Morgan fingerprint density at radius 1 is 1.08 bits per heavy atom. The summed E-state index contributed by atoms with van der Waals surface area (Å²) in [6, 6.07) is 0. The van der Waals surface area contributed by atoms with Crippen molar-refractivity contribution in [1.29, 1.82) is 0 Å². The molecule has 5 nitrogen and oxygen atoms in total. The second-order valence-corrected chi connectivity index (χ2v) is 9.08. The van der Waals surface area contributed by atoms with Crippen molar-refractivity contribution in [3.63, 3.8) is 0 Å². The third-order valence-electron chi connectivity index (χ3n) is 6.16. The lowest BCUT2D eigenvalue weighted by atomic mass is 9.51. The van der Waals surface area contributed by atoms with Gasteiger partial charge in [-0.05, 0) is 62.7 Å². The summed E-state index contributed by atoms with van der Waals surface area (Å²) in [6.45, 7) is 1.83. The number of thiazole rings is 1. The molecule has 1 aromatic rings. The van der Waals surface area contributed by atoms with Crippen molar-refractivity contribution in [2.24, 2.45) is 29.6 Å². The molecule has 1 heterocycles. The molecule has 4 saturated carbocycles. The molecule has 1 aromatic heterocycles. The summed E-state index contributed by atoms with van der Waals surface area (Å²) >= 11 is 1.29. The third kappa shape index (κ3) is 2.65. The van der Waals surface area contributed by atoms with E-state index in [-0.39, 0.29) is 17.7 Å². The van der Waals surface area contributed by atoms with E-state index in [4.69, 9.17) is 0 Å². The highest BCUT2D eigenvalue weighted by atomic mass is 32.1. The first-order valence-corrected chi connectivity index (χ1v) is 9.74. The molecule has 0 spiro atoms. The highest BCUT2D eigenvalue weighted by Gasteiger charge is 2.50. The predicted octanol–water partition coefficient (Wildman–Crippen LogP) is 3.16. The minimum Gasteiger partial charge on any atom is -0.344 e. The van der Waals surface area contributed by atoms with Crippen molar-refractivity contribution in [2.75, 3.05) is 19.4 Å². The van der Waals surface area contributed by atoms with Crippen LogP contribution in [0.15, 0.2) is 0 Å². The molecule has 0 atom stereocenters. The number of amides is 2. The molecule has 2 amide bonds. The molecule has 0 unspecified atom stereocenters. The van der Waals surface area contributed by atoms with Crippen LogP contribution in [0.3, 0.4) is 0 Å². The molecule has 6 heteroatoms. The molecule has 24 heavy (non-hydrogen) atoms. The monoisotopic (exact) mass is 347 g/mol. The number of anilines is 1. The zero-order valence-electron chi connectivity index (χ0n) is 14.5. The van der Waals surface area contributed by atoms with Crippen molar-refractivity contribution in [3.05, 3.63) is 10.6 Å². The summed E-state index contributed by atoms with van der Waals surface area (Å²) < 4.78 is 0. The van der Waals surface area contributed by atoms with Crippen LogP contribution in [-0.2, 0) is 4.79 Å². The minimum atomic E-state index is -0.0554. The van der Waals surface area contributed by atoms with Gasteiger partial charge >= 0.3 is 0 Å². The van der Waals surface area contributed by atoms with Crippen LogP contribution in [0.4, 0.5) is 5.13 Å². The van der Waals surface area contributed by atoms with Crippen LogP contribution < -0.4 is 5.32 Å². The summed E-state index contributed by atoms with van der Waals surface area (Å²) in [5.74, 6) is 3.07. The van der Waals surface area contributed by atoms with Crippen LogP contribution in [0.2, 0.25) is 0 Å². The maximum Gasteiger partial charge on any atom is 0.265 e. The van der Waals surface area contributed by atoms with Crippen LogP contribution >= 0.6 is 11.3 Å². The van der Waals surface area contributed by atoms with Gasteiger partial charge in [-0.2, -0.15) is 0 Å². The number of hydrogen-bond acceptors (Lipinski definition) is 4. The molecule has 0 aromatic carbocycles. The second-order valence-electron chi connectivity index (χ2n) is 8.08. The molecule has 130 valence electrons. The Balaban J connectivity index is 1.49. The van der Waals surface area contributed by atoms with E-state index in [0.717, 1.165) is 11.8 Å². The summed E-state index contributed by atoms with van der Waals surface area (Å²) in [5.41, 5.74) is 0.694. The number of carbonyl (C=O) groups is 2. The summed E-state index contributed by atoms with van der Waals surface area (Å²) in [4.78, 5) is 31.6. The maximum absolute atomic E-state index is 12.9. The molecule has 4 bridgehead atoms. The lowest BCUT2D eigenvalue weighted by molar-refractivity contribution is -0.132. The molecule has 1 N–H and O–H groups in total. The highest BCUT2D eigenvalue weighted by Crippen LogP contribution is 2.56. The fraction of sp³-hybridized carbons (Fsp3) is 0.722. The van der Waals surface area contributed by atoms with Gasteiger partial charge in [-0.25, -0.2) is 4.98 Å². The first-order chi connectivity index (χ1) is 11.4. The number of aryl methyl sites for hydroxylation is 1. The van der Waals surface area contributed by atoms with E-state index in [2.05, 4.69) is 10.3 Å². The lowest BCUT2D eigenvalue weighted by Crippen LogP contribution is -2.49.